The summed E-state index contributed by atoms with van der Waals surface area (Å²) in [5.74, 6) is -0.617. The van der Waals surface area contributed by atoms with E-state index in [-0.39, 0.29) is 0 Å². The number of hydrogen-bond acceptors (Lipinski definition) is 3. The van der Waals surface area contributed by atoms with Gasteiger partial charge < -0.3 is 0 Å². The Labute approximate surface area is 88.4 Å². The summed E-state index contributed by atoms with van der Waals surface area (Å²) in [6, 6.07) is 11.6. The van der Waals surface area contributed by atoms with Crippen LogP contribution in [0.5, 0.6) is 0 Å². The highest BCUT2D eigenvalue weighted by atomic mass is 35.7. The third kappa shape index (κ3) is 9.04. The Morgan fingerprint density at radius 1 is 1.36 bits per heavy atom. The van der Waals surface area contributed by atoms with Crippen molar-refractivity contribution >= 4 is 19.7 Å². The van der Waals surface area contributed by atoms with Crippen LogP contribution >= 0.6 is 10.7 Å². The van der Waals surface area contributed by atoms with Crippen molar-refractivity contribution in [3.05, 3.63) is 35.9 Å². The lowest BCUT2D eigenvalue weighted by Gasteiger charge is -1.82. The predicted octanol–water partition coefficient (Wildman–Crippen LogP) is 2.07. The molecule has 0 N–H and O–H groups in total. The summed E-state index contributed by atoms with van der Waals surface area (Å²) in [7, 11) is 1.02. The van der Waals surface area contributed by atoms with E-state index in [2.05, 4.69) is 29.7 Å². The Balaban J connectivity index is 0.000000241. The Morgan fingerprint density at radius 2 is 1.86 bits per heavy atom. The van der Waals surface area contributed by atoms with Crippen LogP contribution in [0.1, 0.15) is 5.56 Å². The van der Waals surface area contributed by atoms with E-state index in [1.165, 1.54) is 11.6 Å². The van der Waals surface area contributed by atoms with Gasteiger partial charge in [0.1, 0.15) is 0 Å². The van der Waals surface area contributed by atoms with Gasteiger partial charge in [0.05, 0.1) is 6.07 Å². The normalized spacial score (nSPS) is 9.50. The van der Waals surface area contributed by atoms with Crippen molar-refractivity contribution in [1.82, 2.24) is 0 Å². The Morgan fingerprint density at radius 3 is 2.00 bits per heavy atom. The maximum Gasteiger partial charge on any atom is 0.245 e. The molecule has 0 aromatic heterocycles. The van der Waals surface area contributed by atoms with Gasteiger partial charge in [-0.1, -0.05) is 35.9 Å². The summed E-state index contributed by atoms with van der Waals surface area (Å²) in [5, 5.41) is 7.69. The number of nitrogens with zero attached hydrogens (tertiary/aromatic N) is 1. The predicted molar refractivity (Wildman–Crippen MR) is 56.4 cm³/mol. The van der Waals surface area contributed by atoms with Gasteiger partial charge in [-0.25, -0.2) is 8.42 Å². The van der Waals surface area contributed by atoms with E-state index >= 15 is 0 Å². The molecule has 0 atom stereocenters. The Bertz CT molecular complexity index is 395. The van der Waals surface area contributed by atoms with Crippen LogP contribution in [-0.2, 0) is 9.05 Å². The summed E-state index contributed by atoms with van der Waals surface area (Å²) in [6.07, 6.45) is 0. The van der Waals surface area contributed by atoms with Crippen LogP contribution in [-0.4, -0.2) is 14.2 Å². The van der Waals surface area contributed by atoms with Crippen molar-refractivity contribution in [3.63, 3.8) is 0 Å². The van der Waals surface area contributed by atoms with Crippen LogP contribution in [0.3, 0.4) is 0 Å². The first-order chi connectivity index (χ1) is 6.45. The van der Waals surface area contributed by atoms with Crippen molar-refractivity contribution in [1.29, 1.82) is 5.26 Å². The SMILES string of the molecule is Cc1ccccc1.N#CCS(=O)(=O)Cl. The van der Waals surface area contributed by atoms with Crippen LogP contribution in [0, 0.1) is 18.3 Å². The third-order valence-electron chi connectivity index (χ3n) is 1.18. The quantitative estimate of drug-likeness (QED) is 0.696. The van der Waals surface area contributed by atoms with Gasteiger partial charge in [-0.15, -0.1) is 0 Å². The highest BCUT2D eigenvalue weighted by molar-refractivity contribution is 8.13. The van der Waals surface area contributed by atoms with Gasteiger partial charge in [0.15, 0.2) is 5.75 Å². The third-order valence-corrected chi connectivity index (χ3v) is 1.98. The molecule has 0 radical (unpaired) electrons. The molecule has 3 nitrogen and oxygen atoms in total. The van der Waals surface area contributed by atoms with Gasteiger partial charge >= 0.3 is 0 Å². The zero-order valence-electron chi connectivity index (χ0n) is 7.64. The van der Waals surface area contributed by atoms with Crippen molar-refractivity contribution in [2.24, 2.45) is 0 Å². The molecule has 76 valence electrons. The fraction of sp³-hybridized carbons (Fsp3) is 0.222. The molecule has 0 bridgehead atoms. The first-order valence-electron chi connectivity index (χ1n) is 3.76. The highest BCUT2D eigenvalue weighted by Crippen LogP contribution is 1.92. The molecule has 1 aromatic carbocycles. The molecule has 14 heavy (non-hydrogen) atoms. The van der Waals surface area contributed by atoms with Gasteiger partial charge in [0.2, 0.25) is 9.05 Å². The van der Waals surface area contributed by atoms with Gasteiger partial charge in [0.25, 0.3) is 0 Å². The van der Waals surface area contributed by atoms with Gasteiger partial charge in [-0.05, 0) is 6.92 Å². The fourth-order valence-electron chi connectivity index (χ4n) is 0.611. The van der Waals surface area contributed by atoms with Crippen molar-refractivity contribution in [3.8, 4) is 6.07 Å². The molecular weight excluding hydrogens is 222 g/mol. The summed E-state index contributed by atoms with van der Waals surface area (Å²) in [5.41, 5.74) is 1.32. The van der Waals surface area contributed by atoms with E-state index in [9.17, 15) is 8.42 Å². The fourth-order valence-corrected chi connectivity index (χ4v) is 0.912. The molecule has 0 saturated heterocycles. The van der Waals surface area contributed by atoms with E-state index in [4.69, 9.17) is 5.26 Å². The first-order valence-corrected chi connectivity index (χ1v) is 6.24. The molecule has 1 rings (SSSR count). The molecule has 0 amide bonds. The van der Waals surface area contributed by atoms with Gasteiger partial charge in [-0.3, -0.25) is 0 Å². The molecule has 5 heteroatoms. The number of halogens is 1. The molecule has 1 aromatic rings. The van der Waals surface area contributed by atoms with E-state index in [0.717, 1.165) is 0 Å². The molecule has 0 aliphatic heterocycles. The van der Waals surface area contributed by atoms with E-state index in [1.807, 2.05) is 18.2 Å². The smallest absolute Gasteiger partial charge is 0.211 e. The summed E-state index contributed by atoms with van der Waals surface area (Å²) in [4.78, 5) is 0. The number of rotatable bonds is 1. The minimum atomic E-state index is -3.56. The Kier molecular flexibility index (Phi) is 5.93. The van der Waals surface area contributed by atoms with Crippen LogP contribution in [0.4, 0.5) is 0 Å². The molecule has 0 heterocycles. The van der Waals surface area contributed by atoms with E-state index < -0.39 is 14.8 Å². The molecule has 0 unspecified atom stereocenters. The van der Waals surface area contributed by atoms with Crippen molar-refractivity contribution < 1.29 is 8.42 Å². The average Bonchev–Trinajstić information content (AvgIpc) is 2.04. The second-order valence-corrected chi connectivity index (χ2v) is 5.27. The van der Waals surface area contributed by atoms with Crippen molar-refractivity contribution in [2.45, 2.75) is 6.92 Å². The average molecular weight is 232 g/mol. The summed E-state index contributed by atoms with van der Waals surface area (Å²) >= 11 is 0. The van der Waals surface area contributed by atoms with E-state index in [0.29, 0.717) is 0 Å². The first kappa shape index (κ1) is 12.9. The number of hydrogen-bond donors (Lipinski definition) is 0. The lowest BCUT2D eigenvalue weighted by Crippen LogP contribution is -1.91. The monoisotopic (exact) mass is 231 g/mol. The van der Waals surface area contributed by atoms with Crippen LogP contribution in [0.25, 0.3) is 0 Å². The molecule has 0 spiro atoms. The van der Waals surface area contributed by atoms with Gasteiger partial charge in [0, 0.05) is 10.7 Å². The lowest BCUT2D eigenvalue weighted by molar-refractivity contribution is 0.612. The summed E-state index contributed by atoms with van der Waals surface area (Å²) in [6.45, 7) is 2.08. The van der Waals surface area contributed by atoms with Crippen LogP contribution < -0.4 is 0 Å². The topological polar surface area (TPSA) is 57.9 Å². The van der Waals surface area contributed by atoms with Crippen LogP contribution in [0.15, 0.2) is 30.3 Å². The number of aryl methyl sites for hydroxylation is 1. The second-order valence-electron chi connectivity index (χ2n) is 2.50. The van der Waals surface area contributed by atoms with Crippen LogP contribution in [0.2, 0.25) is 0 Å². The maximum atomic E-state index is 9.77. The second kappa shape index (κ2) is 6.41. The zero-order valence-corrected chi connectivity index (χ0v) is 9.22. The van der Waals surface area contributed by atoms with Crippen molar-refractivity contribution in [2.75, 3.05) is 5.75 Å². The highest BCUT2D eigenvalue weighted by Gasteiger charge is 1.99. The van der Waals surface area contributed by atoms with E-state index in [1.54, 1.807) is 0 Å². The molecule has 0 saturated carbocycles. The standard InChI is InChI=1S/C7H8.C2H2ClNO2S/c1-7-5-3-2-4-6-7;3-7(5,6)2-1-4/h2-6H,1H3;2H2. The Hall–Kier alpha value is -1.05. The zero-order chi connectivity index (χ0) is 11.0. The largest absolute Gasteiger partial charge is 0.245 e. The summed E-state index contributed by atoms with van der Waals surface area (Å²) < 4.78 is 19.5. The molecule has 0 aliphatic rings. The van der Waals surface area contributed by atoms with Gasteiger partial charge in [-0.2, -0.15) is 5.26 Å². The minimum Gasteiger partial charge on any atom is -0.211 e. The number of nitriles is 1. The maximum absolute atomic E-state index is 9.77. The minimum absolute atomic E-state index is 0.617. The number of benzene rings is 1. The molecule has 0 fully saturated rings. The molecular formula is C9H10ClNO2S. The molecule has 0 aliphatic carbocycles. The lowest BCUT2D eigenvalue weighted by atomic mass is 10.2.